The number of carbonyl (C=O) groups is 2. The second kappa shape index (κ2) is 7.05. The number of hydrogen-bond acceptors (Lipinski definition) is 6. The number of carbonyl (C=O) groups excluding carboxylic acids is 2. The van der Waals surface area contributed by atoms with Crippen molar-refractivity contribution in [3.05, 3.63) is 12.2 Å². The SMILES string of the molecule is COC(=O)/C=C/C(CC(=O)OC)OO. The Bertz CT molecular complexity index is 222. The lowest BCUT2D eigenvalue weighted by Gasteiger charge is -2.05. The molecule has 0 heterocycles. The molecule has 0 bridgehead atoms. The average Bonchev–Trinajstić information content (AvgIpc) is 2.22. The molecule has 1 N–H and O–H groups in total. The van der Waals surface area contributed by atoms with E-state index in [1.807, 2.05) is 0 Å². The van der Waals surface area contributed by atoms with E-state index in [9.17, 15) is 9.59 Å². The van der Waals surface area contributed by atoms with E-state index in [1.54, 1.807) is 0 Å². The molecule has 0 aromatic rings. The molecule has 0 aliphatic carbocycles. The van der Waals surface area contributed by atoms with Crippen molar-refractivity contribution in [2.45, 2.75) is 12.5 Å². The fourth-order valence-corrected chi connectivity index (χ4v) is 0.642. The van der Waals surface area contributed by atoms with Gasteiger partial charge in [0.1, 0.15) is 6.10 Å². The van der Waals surface area contributed by atoms with Crippen LogP contribution in [0.15, 0.2) is 12.2 Å². The first-order valence-electron chi connectivity index (χ1n) is 3.77. The second-order valence-electron chi connectivity index (χ2n) is 2.31. The van der Waals surface area contributed by atoms with Crippen LogP contribution in [0.25, 0.3) is 0 Å². The molecule has 80 valence electrons. The van der Waals surface area contributed by atoms with E-state index in [2.05, 4.69) is 14.4 Å². The predicted molar refractivity (Wildman–Crippen MR) is 45.3 cm³/mol. The smallest absolute Gasteiger partial charge is 0.330 e. The van der Waals surface area contributed by atoms with Gasteiger partial charge in [0, 0.05) is 6.08 Å². The third kappa shape index (κ3) is 5.28. The molecular formula is C8H12O6. The maximum atomic E-state index is 10.7. The van der Waals surface area contributed by atoms with Crippen LogP contribution in [0.1, 0.15) is 6.42 Å². The highest BCUT2D eigenvalue weighted by Crippen LogP contribution is 2.00. The maximum Gasteiger partial charge on any atom is 0.330 e. The van der Waals surface area contributed by atoms with Crippen molar-refractivity contribution < 1.29 is 29.2 Å². The average molecular weight is 204 g/mol. The van der Waals surface area contributed by atoms with Crippen LogP contribution in [-0.2, 0) is 24.0 Å². The molecule has 0 radical (unpaired) electrons. The fourth-order valence-electron chi connectivity index (χ4n) is 0.642. The van der Waals surface area contributed by atoms with Gasteiger partial charge in [0.2, 0.25) is 0 Å². The largest absolute Gasteiger partial charge is 0.469 e. The number of methoxy groups -OCH3 is 2. The van der Waals surface area contributed by atoms with Crippen LogP contribution in [-0.4, -0.2) is 37.5 Å². The van der Waals surface area contributed by atoms with Crippen molar-refractivity contribution in [3.63, 3.8) is 0 Å². The van der Waals surface area contributed by atoms with Gasteiger partial charge in [-0.2, -0.15) is 0 Å². The van der Waals surface area contributed by atoms with Crippen molar-refractivity contribution in [2.75, 3.05) is 14.2 Å². The van der Waals surface area contributed by atoms with Crippen LogP contribution >= 0.6 is 0 Å². The highest BCUT2D eigenvalue weighted by molar-refractivity contribution is 5.82. The molecule has 1 unspecified atom stereocenters. The van der Waals surface area contributed by atoms with E-state index in [4.69, 9.17) is 5.26 Å². The molecule has 0 saturated heterocycles. The molecule has 0 saturated carbocycles. The van der Waals surface area contributed by atoms with Crippen molar-refractivity contribution in [1.29, 1.82) is 0 Å². The molecular weight excluding hydrogens is 192 g/mol. The number of rotatable bonds is 5. The van der Waals surface area contributed by atoms with Gasteiger partial charge in [0.05, 0.1) is 20.6 Å². The van der Waals surface area contributed by atoms with Crippen LogP contribution in [0, 0.1) is 0 Å². The minimum Gasteiger partial charge on any atom is -0.469 e. The molecule has 0 aliphatic rings. The normalized spacial score (nSPS) is 12.5. The summed E-state index contributed by atoms with van der Waals surface area (Å²) < 4.78 is 8.63. The summed E-state index contributed by atoms with van der Waals surface area (Å²) in [6.07, 6.45) is 1.15. The van der Waals surface area contributed by atoms with Gasteiger partial charge in [0.25, 0.3) is 0 Å². The molecule has 0 spiro atoms. The Kier molecular flexibility index (Phi) is 6.34. The summed E-state index contributed by atoms with van der Waals surface area (Å²) in [6, 6.07) is 0. The van der Waals surface area contributed by atoms with E-state index < -0.39 is 18.0 Å². The molecule has 1 atom stereocenters. The molecule has 0 aromatic carbocycles. The molecule has 14 heavy (non-hydrogen) atoms. The van der Waals surface area contributed by atoms with Crippen LogP contribution in [0.4, 0.5) is 0 Å². The summed E-state index contributed by atoms with van der Waals surface area (Å²) in [4.78, 5) is 25.3. The molecule has 0 fully saturated rings. The molecule has 0 rings (SSSR count). The zero-order valence-electron chi connectivity index (χ0n) is 7.93. The zero-order chi connectivity index (χ0) is 11.0. The first-order chi connectivity index (χ1) is 6.63. The Hall–Kier alpha value is -1.40. The van der Waals surface area contributed by atoms with E-state index in [0.717, 1.165) is 6.08 Å². The van der Waals surface area contributed by atoms with Crippen molar-refractivity contribution in [3.8, 4) is 0 Å². The van der Waals surface area contributed by atoms with E-state index >= 15 is 0 Å². The third-order valence-electron chi connectivity index (χ3n) is 1.38. The third-order valence-corrected chi connectivity index (χ3v) is 1.38. The molecule has 0 aromatic heterocycles. The number of hydrogen-bond donors (Lipinski definition) is 1. The molecule has 6 heteroatoms. The Morgan fingerprint density at radius 1 is 1.36 bits per heavy atom. The van der Waals surface area contributed by atoms with Crippen molar-refractivity contribution in [2.24, 2.45) is 0 Å². The fraction of sp³-hybridized carbons (Fsp3) is 0.500. The van der Waals surface area contributed by atoms with Crippen LogP contribution in [0.3, 0.4) is 0 Å². The summed E-state index contributed by atoms with van der Waals surface area (Å²) in [5, 5.41) is 8.34. The summed E-state index contributed by atoms with van der Waals surface area (Å²) >= 11 is 0. The van der Waals surface area contributed by atoms with Gasteiger partial charge in [-0.3, -0.25) is 10.1 Å². The van der Waals surface area contributed by atoms with Crippen LogP contribution in [0.5, 0.6) is 0 Å². The lowest BCUT2D eigenvalue weighted by Crippen LogP contribution is -2.15. The Balaban J connectivity index is 4.08. The Morgan fingerprint density at radius 3 is 2.43 bits per heavy atom. The topological polar surface area (TPSA) is 82.1 Å². The highest BCUT2D eigenvalue weighted by atomic mass is 17.1. The maximum absolute atomic E-state index is 10.7. The minimum atomic E-state index is -0.915. The van der Waals surface area contributed by atoms with E-state index in [1.165, 1.54) is 20.3 Å². The zero-order valence-corrected chi connectivity index (χ0v) is 7.93. The van der Waals surface area contributed by atoms with Gasteiger partial charge < -0.3 is 9.47 Å². The molecule has 6 nitrogen and oxygen atoms in total. The quantitative estimate of drug-likeness (QED) is 0.297. The molecule has 0 aliphatic heterocycles. The van der Waals surface area contributed by atoms with E-state index in [0.29, 0.717) is 0 Å². The van der Waals surface area contributed by atoms with Crippen LogP contribution in [0.2, 0.25) is 0 Å². The lowest BCUT2D eigenvalue weighted by molar-refractivity contribution is -0.266. The lowest BCUT2D eigenvalue weighted by atomic mass is 10.2. The number of esters is 2. The summed E-state index contributed by atoms with van der Waals surface area (Å²) in [6.45, 7) is 0. The van der Waals surface area contributed by atoms with E-state index in [-0.39, 0.29) is 6.42 Å². The van der Waals surface area contributed by atoms with Gasteiger partial charge in [-0.1, -0.05) is 0 Å². The summed E-state index contributed by atoms with van der Waals surface area (Å²) in [5.41, 5.74) is 0. The summed E-state index contributed by atoms with van der Waals surface area (Å²) in [7, 11) is 2.42. The van der Waals surface area contributed by atoms with Gasteiger partial charge in [0.15, 0.2) is 0 Å². The predicted octanol–water partition coefficient (Wildman–Crippen LogP) is 0.137. The highest BCUT2D eigenvalue weighted by Gasteiger charge is 2.12. The number of ether oxygens (including phenoxy) is 2. The Morgan fingerprint density at radius 2 is 2.00 bits per heavy atom. The second-order valence-corrected chi connectivity index (χ2v) is 2.31. The van der Waals surface area contributed by atoms with Gasteiger partial charge in [-0.15, -0.1) is 0 Å². The van der Waals surface area contributed by atoms with Crippen LogP contribution < -0.4 is 0 Å². The summed E-state index contributed by atoms with van der Waals surface area (Å²) in [5.74, 6) is -1.16. The van der Waals surface area contributed by atoms with Gasteiger partial charge >= 0.3 is 11.9 Å². The first-order valence-corrected chi connectivity index (χ1v) is 3.77. The van der Waals surface area contributed by atoms with Crippen molar-refractivity contribution in [1.82, 2.24) is 0 Å². The van der Waals surface area contributed by atoms with Gasteiger partial charge in [-0.25, -0.2) is 9.68 Å². The monoisotopic (exact) mass is 204 g/mol. The minimum absolute atomic E-state index is 0.180. The molecule has 0 amide bonds. The first kappa shape index (κ1) is 12.6. The standard InChI is InChI=1S/C8H12O6/c1-12-7(9)4-3-6(14-11)5-8(10)13-2/h3-4,6,11H,5H2,1-2H3/b4-3+. The van der Waals surface area contributed by atoms with Gasteiger partial charge in [-0.05, 0) is 6.08 Å². The van der Waals surface area contributed by atoms with Crippen molar-refractivity contribution >= 4 is 11.9 Å². The Labute approximate surface area is 81.0 Å².